The SMILES string of the molecule is CCCCCCCCCCCCCCC(N)C(N)=O.Cl. The Bertz CT molecular complexity index is 213. The van der Waals surface area contributed by atoms with Gasteiger partial charge >= 0.3 is 0 Å². The second-order valence-corrected chi connectivity index (χ2v) is 5.69. The van der Waals surface area contributed by atoms with Crippen molar-refractivity contribution in [2.45, 2.75) is 96.4 Å². The Morgan fingerprint density at radius 2 is 1.15 bits per heavy atom. The second kappa shape index (κ2) is 16.8. The molecule has 20 heavy (non-hydrogen) atoms. The third kappa shape index (κ3) is 15.8. The number of amides is 1. The normalized spacial score (nSPS) is 11.9. The van der Waals surface area contributed by atoms with Crippen LogP contribution in [0.3, 0.4) is 0 Å². The van der Waals surface area contributed by atoms with Crippen LogP contribution in [-0.4, -0.2) is 11.9 Å². The van der Waals surface area contributed by atoms with Crippen molar-refractivity contribution in [3.63, 3.8) is 0 Å². The van der Waals surface area contributed by atoms with E-state index in [1.54, 1.807) is 0 Å². The average Bonchev–Trinajstić information content (AvgIpc) is 2.39. The van der Waals surface area contributed by atoms with Crippen LogP contribution in [0.2, 0.25) is 0 Å². The number of carbonyl (C=O) groups excluding carboxylic acids is 1. The van der Waals surface area contributed by atoms with E-state index < -0.39 is 6.04 Å². The molecule has 0 saturated carbocycles. The molecular formula is C16H35ClN2O. The number of rotatable bonds is 14. The molecule has 122 valence electrons. The zero-order valence-electron chi connectivity index (χ0n) is 13.2. The van der Waals surface area contributed by atoms with E-state index in [9.17, 15) is 4.79 Å². The summed E-state index contributed by atoms with van der Waals surface area (Å²) < 4.78 is 0. The van der Waals surface area contributed by atoms with Crippen molar-refractivity contribution in [3.05, 3.63) is 0 Å². The van der Waals surface area contributed by atoms with Crippen molar-refractivity contribution in [2.75, 3.05) is 0 Å². The van der Waals surface area contributed by atoms with Gasteiger partial charge in [0.05, 0.1) is 6.04 Å². The lowest BCUT2D eigenvalue weighted by molar-refractivity contribution is -0.119. The molecule has 0 bridgehead atoms. The first-order valence-electron chi connectivity index (χ1n) is 8.23. The van der Waals surface area contributed by atoms with E-state index in [0.29, 0.717) is 0 Å². The molecule has 0 fully saturated rings. The number of unbranched alkanes of at least 4 members (excludes halogenated alkanes) is 11. The maximum absolute atomic E-state index is 10.7. The van der Waals surface area contributed by atoms with E-state index >= 15 is 0 Å². The van der Waals surface area contributed by atoms with Crippen molar-refractivity contribution in [3.8, 4) is 0 Å². The minimum Gasteiger partial charge on any atom is -0.368 e. The fourth-order valence-electron chi connectivity index (χ4n) is 2.35. The molecule has 0 aromatic carbocycles. The first kappa shape index (κ1) is 22.0. The zero-order valence-corrected chi connectivity index (χ0v) is 14.1. The lowest BCUT2D eigenvalue weighted by Gasteiger charge is -2.06. The molecular weight excluding hydrogens is 272 g/mol. The van der Waals surface area contributed by atoms with Crippen molar-refractivity contribution < 1.29 is 4.79 Å². The predicted molar refractivity (Wildman–Crippen MR) is 90.1 cm³/mol. The molecule has 0 saturated heterocycles. The maximum atomic E-state index is 10.7. The van der Waals surface area contributed by atoms with Gasteiger partial charge < -0.3 is 11.5 Å². The van der Waals surface area contributed by atoms with Crippen LogP contribution in [0.25, 0.3) is 0 Å². The predicted octanol–water partition coefficient (Wildman–Crippen LogP) is 4.31. The molecule has 1 atom stereocenters. The zero-order chi connectivity index (χ0) is 14.3. The summed E-state index contributed by atoms with van der Waals surface area (Å²) in [5, 5.41) is 0. The highest BCUT2D eigenvalue weighted by Crippen LogP contribution is 2.12. The number of hydrogen-bond donors (Lipinski definition) is 2. The van der Waals surface area contributed by atoms with E-state index in [1.165, 1.54) is 70.6 Å². The Labute approximate surface area is 131 Å². The molecule has 3 nitrogen and oxygen atoms in total. The maximum Gasteiger partial charge on any atom is 0.234 e. The fourth-order valence-corrected chi connectivity index (χ4v) is 2.35. The van der Waals surface area contributed by atoms with Gasteiger partial charge in [-0.2, -0.15) is 0 Å². The number of primary amides is 1. The highest BCUT2D eigenvalue weighted by molar-refractivity contribution is 5.85. The summed E-state index contributed by atoms with van der Waals surface area (Å²) in [6.07, 6.45) is 16.6. The quantitative estimate of drug-likeness (QED) is 0.469. The summed E-state index contributed by atoms with van der Waals surface area (Å²) >= 11 is 0. The Balaban J connectivity index is 0. The lowest BCUT2D eigenvalue weighted by Crippen LogP contribution is -2.36. The van der Waals surface area contributed by atoms with Crippen LogP contribution in [0.15, 0.2) is 0 Å². The summed E-state index contributed by atoms with van der Waals surface area (Å²) in [6, 6.07) is -0.442. The molecule has 1 unspecified atom stereocenters. The summed E-state index contributed by atoms with van der Waals surface area (Å²) in [5.74, 6) is -0.372. The van der Waals surface area contributed by atoms with Crippen LogP contribution in [0.1, 0.15) is 90.4 Å². The van der Waals surface area contributed by atoms with E-state index in [-0.39, 0.29) is 18.3 Å². The third-order valence-corrected chi connectivity index (χ3v) is 3.73. The molecule has 1 amide bonds. The molecule has 0 aliphatic carbocycles. The molecule has 0 aromatic rings. The molecule has 0 radical (unpaired) electrons. The highest BCUT2D eigenvalue weighted by Gasteiger charge is 2.07. The number of hydrogen-bond acceptors (Lipinski definition) is 2. The average molecular weight is 307 g/mol. The van der Waals surface area contributed by atoms with Gasteiger partial charge in [0.1, 0.15) is 0 Å². The Morgan fingerprint density at radius 3 is 1.50 bits per heavy atom. The first-order chi connectivity index (χ1) is 9.18. The highest BCUT2D eigenvalue weighted by atomic mass is 35.5. The summed E-state index contributed by atoms with van der Waals surface area (Å²) in [7, 11) is 0. The van der Waals surface area contributed by atoms with Gasteiger partial charge in [-0.15, -0.1) is 12.4 Å². The van der Waals surface area contributed by atoms with Crippen LogP contribution >= 0.6 is 12.4 Å². The van der Waals surface area contributed by atoms with Gasteiger partial charge in [-0.05, 0) is 6.42 Å². The minimum atomic E-state index is -0.442. The van der Waals surface area contributed by atoms with Gasteiger partial charge in [-0.1, -0.05) is 84.0 Å². The van der Waals surface area contributed by atoms with E-state index in [4.69, 9.17) is 11.5 Å². The van der Waals surface area contributed by atoms with Crippen LogP contribution < -0.4 is 11.5 Å². The Morgan fingerprint density at radius 1 is 0.800 bits per heavy atom. The second-order valence-electron chi connectivity index (χ2n) is 5.69. The Hall–Kier alpha value is -0.280. The summed E-state index contributed by atoms with van der Waals surface area (Å²) in [6.45, 7) is 2.26. The van der Waals surface area contributed by atoms with E-state index in [1.807, 2.05) is 0 Å². The van der Waals surface area contributed by atoms with Crippen LogP contribution in [-0.2, 0) is 4.79 Å². The van der Waals surface area contributed by atoms with Gasteiger partial charge in [-0.3, -0.25) is 4.79 Å². The molecule has 0 aliphatic heterocycles. The minimum absolute atomic E-state index is 0. The van der Waals surface area contributed by atoms with Crippen molar-refractivity contribution >= 4 is 18.3 Å². The largest absolute Gasteiger partial charge is 0.368 e. The van der Waals surface area contributed by atoms with Crippen LogP contribution in [0, 0.1) is 0 Å². The summed E-state index contributed by atoms with van der Waals surface area (Å²) in [4.78, 5) is 10.7. The van der Waals surface area contributed by atoms with Crippen molar-refractivity contribution in [1.82, 2.24) is 0 Å². The van der Waals surface area contributed by atoms with Gasteiger partial charge in [0.25, 0.3) is 0 Å². The molecule has 0 spiro atoms. The van der Waals surface area contributed by atoms with Gasteiger partial charge in [0.15, 0.2) is 0 Å². The molecule has 0 aromatic heterocycles. The number of carbonyl (C=O) groups is 1. The standard InChI is InChI=1S/C16H34N2O.ClH/c1-2-3-4-5-6-7-8-9-10-11-12-13-14-15(17)16(18)19;/h15H,2-14,17H2,1H3,(H2,18,19);1H. The lowest BCUT2D eigenvalue weighted by atomic mass is 10.0. The molecule has 0 aliphatic rings. The number of halogens is 1. The molecule has 0 heterocycles. The molecule has 0 rings (SSSR count). The molecule has 4 heteroatoms. The third-order valence-electron chi connectivity index (χ3n) is 3.73. The van der Waals surface area contributed by atoms with Gasteiger partial charge in [0.2, 0.25) is 5.91 Å². The Kier molecular flexibility index (Phi) is 18.5. The monoisotopic (exact) mass is 306 g/mol. The number of nitrogens with two attached hydrogens (primary N) is 2. The van der Waals surface area contributed by atoms with Gasteiger partial charge in [-0.25, -0.2) is 0 Å². The van der Waals surface area contributed by atoms with Gasteiger partial charge in [0, 0.05) is 0 Å². The summed E-state index contributed by atoms with van der Waals surface area (Å²) in [5.41, 5.74) is 10.7. The topological polar surface area (TPSA) is 69.1 Å². The first-order valence-corrected chi connectivity index (χ1v) is 8.23. The fraction of sp³-hybridized carbons (Fsp3) is 0.938. The molecule has 4 N–H and O–H groups in total. The van der Waals surface area contributed by atoms with Crippen molar-refractivity contribution in [1.29, 1.82) is 0 Å². The van der Waals surface area contributed by atoms with Crippen molar-refractivity contribution in [2.24, 2.45) is 11.5 Å². The van der Waals surface area contributed by atoms with Crippen LogP contribution in [0.4, 0.5) is 0 Å². The van der Waals surface area contributed by atoms with Crippen LogP contribution in [0.5, 0.6) is 0 Å². The van der Waals surface area contributed by atoms with E-state index in [0.717, 1.165) is 12.8 Å². The van der Waals surface area contributed by atoms with E-state index in [2.05, 4.69) is 6.92 Å². The smallest absolute Gasteiger partial charge is 0.234 e.